The maximum Gasteiger partial charge on any atom is 0.337 e. The highest BCUT2D eigenvalue weighted by Crippen LogP contribution is 2.19. The number of piperidine rings is 1. The third kappa shape index (κ3) is 4.29. The summed E-state index contributed by atoms with van der Waals surface area (Å²) >= 11 is 0. The van der Waals surface area contributed by atoms with Crippen LogP contribution in [0.25, 0.3) is 5.82 Å². The first kappa shape index (κ1) is 19.6. The number of carbonyl (C=O) groups excluding carboxylic acids is 2. The largest absolute Gasteiger partial charge is 0.473 e. The van der Waals surface area contributed by atoms with Gasteiger partial charge in [-0.15, -0.1) is 10.2 Å². The number of esters is 1. The van der Waals surface area contributed by atoms with Crippen LogP contribution in [0.4, 0.5) is 0 Å². The van der Waals surface area contributed by atoms with Crippen molar-refractivity contribution in [3.8, 4) is 11.7 Å². The van der Waals surface area contributed by atoms with Crippen LogP contribution in [0.5, 0.6) is 5.88 Å². The van der Waals surface area contributed by atoms with Crippen molar-refractivity contribution in [3.63, 3.8) is 0 Å². The van der Waals surface area contributed by atoms with Crippen LogP contribution in [0.1, 0.15) is 33.6 Å². The van der Waals surface area contributed by atoms with Gasteiger partial charge >= 0.3 is 5.97 Å². The molecule has 2 aromatic heterocycles. The summed E-state index contributed by atoms with van der Waals surface area (Å²) in [6, 6.07) is 11.9. The van der Waals surface area contributed by atoms with E-state index in [4.69, 9.17) is 4.74 Å². The van der Waals surface area contributed by atoms with Crippen molar-refractivity contribution in [1.29, 1.82) is 0 Å². The lowest BCUT2D eigenvalue weighted by molar-refractivity contribution is 0.0578. The molecule has 0 unspecified atom stereocenters. The van der Waals surface area contributed by atoms with Gasteiger partial charge in [-0.2, -0.15) is 5.10 Å². The third-order valence-electron chi connectivity index (χ3n) is 4.93. The molecule has 0 saturated carbocycles. The van der Waals surface area contributed by atoms with Gasteiger partial charge in [0.15, 0.2) is 5.82 Å². The highest BCUT2D eigenvalue weighted by Gasteiger charge is 2.25. The van der Waals surface area contributed by atoms with Gasteiger partial charge in [-0.3, -0.25) is 4.79 Å². The first-order valence-electron chi connectivity index (χ1n) is 9.62. The molecule has 1 amide bonds. The van der Waals surface area contributed by atoms with Gasteiger partial charge in [0.25, 0.3) is 5.91 Å². The quantitative estimate of drug-likeness (QED) is 0.598. The topological polar surface area (TPSA) is 99.4 Å². The zero-order chi connectivity index (χ0) is 20.9. The molecule has 4 rings (SSSR count). The molecule has 154 valence electrons. The molecule has 1 aliphatic heterocycles. The van der Waals surface area contributed by atoms with E-state index in [9.17, 15) is 9.59 Å². The molecule has 3 heterocycles. The predicted octanol–water partition coefficient (Wildman–Crippen LogP) is 2.13. The molecule has 3 aromatic rings. The van der Waals surface area contributed by atoms with Gasteiger partial charge in [-0.25, -0.2) is 9.48 Å². The third-order valence-corrected chi connectivity index (χ3v) is 4.93. The van der Waals surface area contributed by atoms with Crippen LogP contribution in [0.2, 0.25) is 0 Å². The molecule has 0 bridgehead atoms. The molecule has 30 heavy (non-hydrogen) atoms. The number of amides is 1. The number of carbonyl (C=O) groups is 2. The fraction of sp³-hybridized carbons (Fsp3) is 0.286. The van der Waals surface area contributed by atoms with Crippen LogP contribution < -0.4 is 4.74 Å². The van der Waals surface area contributed by atoms with E-state index in [1.54, 1.807) is 58.4 Å². The zero-order valence-corrected chi connectivity index (χ0v) is 16.5. The predicted molar refractivity (Wildman–Crippen MR) is 106 cm³/mol. The van der Waals surface area contributed by atoms with Crippen LogP contribution in [0, 0.1) is 0 Å². The Bertz CT molecular complexity index is 995. The van der Waals surface area contributed by atoms with Crippen molar-refractivity contribution in [2.75, 3.05) is 20.2 Å². The molecule has 1 aromatic carbocycles. The van der Waals surface area contributed by atoms with Gasteiger partial charge in [-0.05, 0) is 36.4 Å². The van der Waals surface area contributed by atoms with E-state index in [1.165, 1.54) is 7.11 Å². The first-order valence-corrected chi connectivity index (χ1v) is 9.62. The second-order valence-electron chi connectivity index (χ2n) is 6.86. The van der Waals surface area contributed by atoms with Crippen molar-refractivity contribution in [2.24, 2.45) is 0 Å². The van der Waals surface area contributed by atoms with Crippen LogP contribution in [-0.4, -0.2) is 63.1 Å². The second kappa shape index (κ2) is 8.73. The molecule has 1 aliphatic rings. The molecular formula is C21H21N5O4. The van der Waals surface area contributed by atoms with Gasteiger partial charge in [0.1, 0.15) is 6.10 Å². The lowest BCUT2D eigenvalue weighted by Crippen LogP contribution is -2.41. The lowest BCUT2D eigenvalue weighted by atomic mass is 10.1. The van der Waals surface area contributed by atoms with Gasteiger partial charge in [0, 0.05) is 50.0 Å². The highest BCUT2D eigenvalue weighted by atomic mass is 16.5. The molecular weight excluding hydrogens is 386 g/mol. The van der Waals surface area contributed by atoms with E-state index in [-0.39, 0.29) is 12.0 Å². The summed E-state index contributed by atoms with van der Waals surface area (Å²) in [5.74, 6) is 0.584. The smallest absolute Gasteiger partial charge is 0.337 e. The van der Waals surface area contributed by atoms with Crippen LogP contribution in [0.15, 0.2) is 54.9 Å². The van der Waals surface area contributed by atoms with Crippen molar-refractivity contribution in [3.05, 3.63) is 66.0 Å². The molecule has 1 saturated heterocycles. The Morgan fingerprint density at radius 3 is 2.33 bits per heavy atom. The zero-order valence-electron chi connectivity index (χ0n) is 16.5. The molecule has 0 radical (unpaired) electrons. The molecule has 0 spiro atoms. The van der Waals surface area contributed by atoms with Crippen LogP contribution >= 0.6 is 0 Å². The number of hydrogen-bond donors (Lipinski definition) is 0. The second-order valence-corrected chi connectivity index (χ2v) is 6.86. The van der Waals surface area contributed by atoms with E-state index < -0.39 is 5.97 Å². The van der Waals surface area contributed by atoms with E-state index in [1.807, 2.05) is 6.07 Å². The maximum atomic E-state index is 12.7. The Labute approximate surface area is 173 Å². The minimum absolute atomic E-state index is 0.0272. The molecule has 1 fully saturated rings. The number of nitrogens with zero attached hydrogens (tertiary/aromatic N) is 5. The number of rotatable bonds is 5. The monoisotopic (exact) mass is 407 g/mol. The summed E-state index contributed by atoms with van der Waals surface area (Å²) in [5.41, 5.74) is 0.961. The SMILES string of the molecule is COC(=O)c1ccc(C(=O)N2CCC(Oc3ccc(-n4cccn4)nn3)CC2)cc1. The first-order chi connectivity index (χ1) is 14.6. The number of aromatic nitrogens is 4. The normalized spacial score (nSPS) is 14.4. The minimum atomic E-state index is -0.423. The molecule has 9 nitrogen and oxygen atoms in total. The Morgan fingerprint density at radius 1 is 1.00 bits per heavy atom. The average Bonchev–Trinajstić information content (AvgIpc) is 3.34. The van der Waals surface area contributed by atoms with Gasteiger partial charge in [0.2, 0.25) is 5.88 Å². The van der Waals surface area contributed by atoms with Crippen LogP contribution in [-0.2, 0) is 4.74 Å². The van der Waals surface area contributed by atoms with Crippen LogP contribution in [0.3, 0.4) is 0 Å². The molecule has 0 N–H and O–H groups in total. The van der Waals surface area contributed by atoms with E-state index in [0.29, 0.717) is 48.8 Å². The van der Waals surface area contributed by atoms with Crippen molar-refractivity contribution in [1.82, 2.24) is 24.9 Å². The van der Waals surface area contributed by atoms with E-state index in [2.05, 4.69) is 20.0 Å². The standard InChI is InChI=1S/C21H21N5O4/c1-29-21(28)16-5-3-15(4-6-16)20(27)25-13-9-17(10-14-25)30-19-8-7-18(23-24-19)26-12-2-11-22-26/h2-8,11-12,17H,9-10,13-14H2,1H3. The van der Waals surface area contributed by atoms with Crippen molar-refractivity contribution in [2.45, 2.75) is 18.9 Å². The summed E-state index contributed by atoms with van der Waals surface area (Å²) in [5, 5.41) is 12.3. The van der Waals surface area contributed by atoms with Gasteiger partial charge in [-0.1, -0.05) is 0 Å². The summed E-state index contributed by atoms with van der Waals surface area (Å²) in [6.45, 7) is 1.17. The van der Waals surface area contributed by atoms with Gasteiger partial charge in [0.05, 0.1) is 12.7 Å². The number of likely N-dealkylation sites (tertiary alicyclic amines) is 1. The summed E-state index contributed by atoms with van der Waals surface area (Å²) < 4.78 is 12.2. The van der Waals surface area contributed by atoms with Gasteiger partial charge < -0.3 is 14.4 Å². The maximum absolute atomic E-state index is 12.7. The number of benzene rings is 1. The summed E-state index contributed by atoms with van der Waals surface area (Å²) in [4.78, 5) is 26.0. The Kier molecular flexibility index (Phi) is 5.69. The Balaban J connectivity index is 1.30. The fourth-order valence-electron chi connectivity index (χ4n) is 3.30. The minimum Gasteiger partial charge on any atom is -0.473 e. The number of methoxy groups -OCH3 is 1. The highest BCUT2D eigenvalue weighted by molar-refractivity contribution is 5.96. The molecule has 0 aliphatic carbocycles. The molecule has 9 heteroatoms. The Morgan fingerprint density at radius 2 is 1.73 bits per heavy atom. The summed E-state index contributed by atoms with van der Waals surface area (Å²) in [7, 11) is 1.33. The fourth-order valence-corrected chi connectivity index (χ4v) is 3.30. The lowest BCUT2D eigenvalue weighted by Gasteiger charge is -2.32. The number of hydrogen-bond acceptors (Lipinski definition) is 7. The van der Waals surface area contributed by atoms with Crippen molar-refractivity contribution < 1.29 is 19.1 Å². The summed E-state index contributed by atoms with van der Waals surface area (Å²) in [6.07, 6.45) is 4.85. The number of ether oxygens (including phenoxy) is 2. The van der Waals surface area contributed by atoms with E-state index in [0.717, 1.165) is 0 Å². The van der Waals surface area contributed by atoms with E-state index >= 15 is 0 Å². The average molecular weight is 407 g/mol. The molecule has 0 atom stereocenters. The van der Waals surface area contributed by atoms with Crippen molar-refractivity contribution >= 4 is 11.9 Å². The Hall–Kier alpha value is -3.75.